The molecule has 1 unspecified atom stereocenters. The van der Waals surface area contributed by atoms with Gasteiger partial charge in [-0.1, -0.05) is 24.3 Å². The smallest absolute Gasteiger partial charge is 0.416 e. The van der Waals surface area contributed by atoms with Crippen molar-refractivity contribution in [2.45, 2.75) is 54.8 Å². The molecule has 1 saturated carbocycles. The van der Waals surface area contributed by atoms with Gasteiger partial charge in [0.15, 0.2) is 0 Å². The predicted molar refractivity (Wildman–Crippen MR) is 121 cm³/mol. The Morgan fingerprint density at radius 1 is 0.882 bits per heavy atom. The fraction of sp³-hybridized carbons (Fsp3) is 0.320. The lowest BCUT2D eigenvalue weighted by Crippen LogP contribution is -2.41. The lowest BCUT2D eigenvalue weighted by molar-refractivity contribution is -0.137. The van der Waals surface area contributed by atoms with Crippen molar-refractivity contribution in [2.24, 2.45) is 0 Å². The molecule has 1 fully saturated rings. The molecule has 0 spiro atoms. The summed E-state index contributed by atoms with van der Waals surface area (Å²) in [5, 5.41) is 1.81. The number of nitrogens with one attached hydrogen (secondary N) is 1. The maximum Gasteiger partial charge on any atom is 0.416 e. The fourth-order valence-corrected chi connectivity index (χ4v) is 4.71. The van der Waals surface area contributed by atoms with Crippen LogP contribution in [0.15, 0.2) is 65.6 Å². The van der Waals surface area contributed by atoms with E-state index >= 15 is 0 Å². The zero-order chi connectivity index (χ0) is 24.3. The first-order chi connectivity index (χ1) is 16.2. The molecular weight excluding hydrogens is 473 g/mol. The molecule has 0 amide bonds. The van der Waals surface area contributed by atoms with E-state index in [1.165, 1.54) is 12.8 Å². The van der Waals surface area contributed by atoms with Crippen LogP contribution < -0.4 is 9.46 Å². The summed E-state index contributed by atoms with van der Waals surface area (Å²) in [7, 11) is 0. The molecule has 1 atom stereocenters. The normalized spacial score (nSPS) is 16.0. The molecule has 3 aromatic rings. The first kappa shape index (κ1) is 24.5. The maximum absolute atomic E-state index is 14.8. The average Bonchev–Trinajstić information content (AvgIpc) is 3.32. The zero-order valence-electron chi connectivity index (χ0n) is 17.9. The fourth-order valence-electron chi connectivity index (χ4n) is 3.92. The van der Waals surface area contributed by atoms with Crippen LogP contribution in [0.4, 0.5) is 22.0 Å². The summed E-state index contributed by atoms with van der Waals surface area (Å²) in [4.78, 5) is 12.0. The Hall–Kier alpha value is -2.65. The van der Waals surface area contributed by atoms with Gasteiger partial charge in [0.25, 0.3) is 5.92 Å². The number of rotatable bonds is 8. The van der Waals surface area contributed by atoms with Crippen LogP contribution in [0.1, 0.15) is 36.8 Å². The van der Waals surface area contributed by atoms with Crippen molar-refractivity contribution in [3.63, 3.8) is 0 Å². The third-order valence-electron chi connectivity index (χ3n) is 5.82. The monoisotopic (exact) mass is 495 g/mol. The number of ether oxygens (including phenoxy) is 1. The topological polar surface area (TPSA) is 38.3 Å². The minimum Gasteiger partial charge on any atom is -0.490 e. The van der Waals surface area contributed by atoms with Gasteiger partial charge in [-0.25, -0.2) is 4.72 Å². The minimum absolute atomic E-state index is 0.0539. The number of halogens is 5. The Balaban J connectivity index is 1.43. The number of fused-ring (bicyclic) bond motifs is 1. The maximum atomic E-state index is 14.8. The van der Waals surface area contributed by atoms with E-state index in [0.717, 1.165) is 41.3 Å². The third-order valence-corrected chi connectivity index (χ3v) is 6.68. The first-order valence-electron chi connectivity index (χ1n) is 10.8. The van der Waals surface area contributed by atoms with Crippen molar-refractivity contribution >= 4 is 29.0 Å². The summed E-state index contributed by atoms with van der Waals surface area (Å²) in [5.74, 6) is -2.92. The highest BCUT2D eigenvalue weighted by Gasteiger charge is 2.42. The SMILES string of the molecule is O=CC(NSc1ccc2cc(OC3CCCC3)ccc2c1)C(F)(F)c1ccc(C(F)(F)F)cc1. The van der Waals surface area contributed by atoms with Crippen LogP contribution in [0.2, 0.25) is 0 Å². The molecule has 0 aromatic heterocycles. The van der Waals surface area contributed by atoms with Crippen molar-refractivity contribution in [2.75, 3.05) is 0 Å². The number of carbonyl (C=O) groups is 1. The van der Waals surface area contributed by atoms with Gasteiger partial charge in [0.2, 0.25) is 0 Å². The van der Waals surface area contributed by atoms with E-state index in [0.29, 0.717) is 29.2 Å². The van der Waals surface area contributed by atoms with E-state index in [-0.39, 0.29) is 12.4 Å². The summed E-state index contributed by atoms with van der Waals surface area (Å²) in [6, 6.07) is 11.6. The van der Waals surface area contributed by atoms with Gasteiger partial charge in [-0.2, -0.15) is 22.0 Å². The summed E-state index contributed by atoms with van der Waals surface area (Å²) in [5.41, 5.74) is -1.72. The second-order valence-electron chi connectivity index (χ2n) is 8.23. The number of hydrogen-bond acceptors (Lipinski definition) is 4. The molecule has 1 N–H and O–H groups in total. The first-order valence-corrected chi connectivity index (χ1v) is 11.6. The highest BCUT2D eigenvalue weighted by atomic mass is 32.2. The molecule has 9 heteroatoms. The van der Waals surface area contributed by atoms with Gasteiger partial charge in [-0.15, -0.1) is 0 Å². The second kappa shape index (κ2) is 9.92. The molecule has 0 bridgehead atoms. The largest absolute Gasteiger partial charge is 0.490 e. The van der Waals surface area contributed by atoms with Crippen LogP contribution >= 0.6 is 11.9 Å². The molecule has 1 aliphatic rings. The van der Waals surface area contributed by atoms with Crippen molar-refractivity contribution in [1.82, 2.24) is 4.72 Å². The van der Waals surface area contributed by atoms with Gasteiger partial charge in [0.05, 0.1) is 11.7 Å². The van der Waals surface area contributed by atoms with Gasteiger partial charge in [0.1, 0.15) is 18.1 Å². The molecule has 34 heavy (non-hydrogen) atoms. The molecule has 1 aliphatic carbocycles. The Bertz CT molecular complexity index is 1140. The molecule has 4 rings (SSSR count). The second-order valence-corrected chi connectivity index (χ2v) is 9.14. The standard InChI is InChI=1S/C25H22F5NO2S/c26-24(27,18-7-9-19(10-8-18)25(28,29)30)23(15-32)31-34-22-12-6-16-13-21(11-5-17(16)14-22)33-20-3-1-2-4-20/h5-15,20,23,31H,1-4H2. The van der Waals surface area contributed by atoms with Gasteiger partial charge in [0, 0.05) is 10.5 Å². The Kier molecular flexibility index (Phi) is 7.14. The Labute approximate surface area is 197 Å². The molecule has 0 saturated heterocycles. The summed E-state index contributed by atoms with van der Waals surface area (Å²) >= 11 is 0.855. The summed E-state index contributed by atoms with van der Waals surface area (Å²) in [6.45, 7) is 0. The van der Waals surface area contributed by atoms with Gasteiger partial charge in [-0.3, -0.25) is 0 Å². The molecule has 3 nitrogen and oxygen atoms in total. The molecule has 180 valence electrons. The van der Waals surface area contributed by atoms with Crippen LogP contribution in [0.25, 0.3) is 10.8 Å². The predicted octanol–water partition coefficient (Wildman–Crippen LogP) is 7.14. The van der Waals surface area contributed by atoms with E-state index in [4.69, 9.17) is 4.74 Å². The lowest BCUT2D eigenvalue weighted by Gasteiger charge is -2.24. The molecule has 0 heterocycles. The van der Waals surface area contributed by atoms with Crippen molar-refractivity contribution < 1.29 is 31.5 Å². The zero-order valence-corrected chi connectivity index (χ0v) is 18.8. The van der Waals surface area contributed by atoms with E-state index < -0.39 is 29.3 Å². The Morgan fingerprint density at radius 3 is 2.15 bits per heavy atom. The van der Waals surface area contributed by atoms with E-state index in [2.05, 4.69) is 4.72 Å². The van der Waals surface area contributed by atoms with E-state index in [9.17, 15) is 26.7 Å². The highest BCUT2D eigenvalue weighted by Crippen LogP contribution is 2.36. The quantitative estimate of drug-likeness (QED) is 0.205. The Morgan fingerprint density at radius 2 is 1.50 bits per heavy atom. The van der Waals surface area contributed by atoms with Crippen LogP contribution in [-0.4, -0.2) is 18.4 Å². The molecule has 0 aliphatic heterocycles. The lowest BCUT2D eigenvalue weighted by atomic mass is 10.0. The van der Waals surface area contributed by atoms with Gasteiger partial charge >= 0.3 is 6.18 Å². The van der Waals surface area contributed by atoms with Gasteiger partial charge in [-0.05, 0) is 84.8 Å². The average molecular weight is 496 g/mol. The van der Waals surface area contributed by atoms with Crippen LogP contribution in [0, 0.1) is 0 Å². The minimum atomic E-state index is -4.63. The summed E-state index contributed by atoms with van der Waals surface area (Å²) in [6.07, 6.45) is 0.103. The van der Waals surface area contributed by atoms with Crippen molar-refractivity contribution in [3.05, 3.63) is 71.8 Å². The molecular formula is C25H22F5NO2S. The molecule has 0 radical (unpaired) electrons. The van der Waals surface area contributed by atoms with Crippen LogP contribution in [0.5, 0.6) is 5.75 Å². The van der Waals surface area contributed by atoms with Crippen molar-refractivity contribution in [1.29, 1.82) is 0 Å². The number of benzene rings is 3. The van der Waals surface area contributed by atoms with Gasteiger partial charge < -0.3 is 9.53 Å². The number of alkyl halides is 5. The molecule has 3 aromatic carbocycles. The van der Waals surface area contributed by atoms with Crippen LogP contribution in [0.3, 0.4) is 0 Å². The van der Waals surface area contributed by atoms with Crippen LogP contribution in [-0.2, 0) is 16.9 Å². The van der Waals surface area contributed by atoms with E-state index in [1.807, 2.05) is 24.3 Å². The van der Waals surface area contributed by atoms with Crippen molar-refractivity contribution in [3.8, 4) is 5.75 Å². The summed E-state index contributed by atoms with van der Waals surface area (Å²) < 4.78 is 76.2. The number of carbonyl (C=O) groups excluding carboxylic acids is 1. The third kappa shape index (κ3) is 5.52. The van der Waals surface area contributed by atoms with E-state index in [1.54, 1.807) is 12.1 Å². The number of hydrogen-bond donors (Lipinski definition) is 1. The number of aldehydes is 1. The highest BCUT2D eigenvalue weighted by molar-refractivity contribution is 7.97.